The summed E-state index contributed by atoms with van der Waals surface area (Å²) in [6.45, 7) is 8.57. The van der Waals surface area contributed by atoms with Crippen molar-refractivity contribution in [2.45, 2.75) is 27.2 Å². The van der Waals surface area contributed by atoms with Crippen LogP contribution < -0.4 is 20.1 Å². The van der Waals surface area contributed by atoms with Gasteiger partial charge in [0, 0.05) is 23.9 Å². The molecule has 0 fully saturated rings. The molecular formula is C23H30N2O4S. The Morgan fingerprint density at radius 2 is 1.73 bits per heavy atom. The van der Waals surface area contributed by atoms with E-state index in [9.17, 15) is 4.79 Å². The van der Waals surface area contributed by atoms with E-state index < -0.39 is 0 Å². The van der Waals surface area contributed by atoms with E-state index in [0.717, 1.165) is 17.9 Å². The number of nitrogens with one attached hydrogen (secondary N) is 2. The number of benzene rings is 2. The molecule has 0 bridgehead atoms. The van der Waals surface area contributed by atoms with Crippen LogP contribution in [-0.4, -0.2) is 37.4 Å². The highest BCUT2D eigenvalue weighted by atomic mass is 32.1. The Kier molecular flexibility index (Phi) is 10.1. The predicted octanol–water partition coefficient (Wildman–Crippen LogP) is 4.65. The molecule has 7 heteroatoms. The van der Waals surface area contributed by atoms with Gasteiger partial charge in [0.1, 0.15) is 18.1 Å². The van der Waals surface area contributed by atoms with Crippen molar-refractivity contribution in [1.82, 2.24) is 5.32 Å². The average Bonchev–Trinajstić information content (AvgIpc) is 2.71. The van der Waals surface area contributed by atoms with Crippen molar-refractivity contribution in [2.24, 2.45) is 5.92 Å². The summed E-state index contributed by atoms with van der Waals surface area (Å²) in [4.78, 5) is 12.4. The summed E-state index contributed by atoms with van der Waals surface area (Å²) < 4.78 is 16.5. The van der Waals surface area contributed by atoms with Crippen LogP contribution >= 0.6 is 12.2 Å². The monoisotopic (exact) mass is 430 g/mol. The Labute approximate surface area is 183 Å². The molecular weight excluding hydrogens is 400 g/mol. The molecule has 162 valence electrons. The van der Waals surface area contributed by atoms with Gasteiger partial charge in [0.15, 0.2) is 5.11 Å². The summed E-state index contributed by atoms with van der Waals surface area (Å²) in [7, 11) is 0. The average molecular weight is 431 g/mol. The van der Waals surface area contributed by atoms with Crippen LogP contribution in [0.3, 0.4) is 0 Å². The highest BCUT2D eigenvalue weighted by molar-refractivity contribution is 7.80. The number of carbonyl (C=O) groups excluding carboxylic acids is 1. The molecule has 6 nitrogen and oxygen atoms in total. The molecule has 2 aromatic rings. The maximum Gasteiger partial charge on any atom is 0.257 e. The third-order valence-corrected chi connectivity index (χ3v) is 4.30. The van der Waals surface area contributed by atoms with Crippen LogP contribution in [0, 0.1) is 5.92 Å². The second-order valence-electron chi connectivity index (χ2n) is 7.04. The van der Waals surface area contributed by atoms with E-state index in [1.807, 2.05) is 31.2 Å². The number of carbonyl (C=O) groups is 1. The molecule has 0 saturated heterocycles. The quantitative estimate of drug-likeness (QED) is 0.399. The van der Waals surface area contributed by atoms with E-state index in [1.54, 1.807) is 24.3 Å². The minimum absolute atomic E-state index is 0.219. The van der Waals surface area contributed by atoms with Crippen LogP contribution in [0.25, 0.3) is 0 Å². The lowest BCUT2D eigenvalue weighted by molar-refractivity contribution is 0.0977. The Morgan fingerprint density at radius 3 is 2.43 bits per heavy atom. The van der Waals surface area contributed by atoms with E-state index in [0.29, 0.717) is 43.7 Å². The molecule has 2 rings (SSSR count). The summed E-state index contributed by atoms with van der Waals surface area (Å²) >= 11 is 5.26. The Hall–Kier alpha value is -2.64. The highest BCUT2D eigenvalue weighted by Gasteiger charge is 2.09. The van der Waals surface area contributed by atoms with Gasteiger partial charge < -0.3 is 19.5 Å². The summed E-state index contributed by atoms with van der Waals surface area (Å²) in [5.41, 5.74) is 1.24. The molecule has 0 heterocycles. The highest BCUT2D eigenvalue weighted by Crippen LogP contribution is 2.18. The van der Waals surface area contributed by atoms with E-state index in [4.69, 9.17) is 26.4 Å². The first-order valence-corrected chi connectivity index (χ1v) is 10.5. The van der Waals surface area contributed by atoms with Gasteiger partial charge in [-0.2, -0.15) is 0 Å². The molecule has 2 aromatic carbocycles. The van der Waals surface area contributed by atoms with Gasteiger partial charge in [-0.3, -0.25) is 10.1 Å². The summed E-state index contributed by atoms with van der Waals surface area (Å²) in [6, 6.07) is 14.4. The van der Waals surface area contributed by atoms with Gasteiger partial charge in [0.05, 0.1) is 13.2 Å². The molecule has 0 aromatic heterocycles. The first-order valence-electron chi connectivity index (χ1n) is 10.1. The Balaban J connectivity index is 1.82. The van der Waals surface area contributed by atoms with E-state index in [-0.39, 0.29) is 11.0 Å². The third kappa shape index (κ3) is 8.80. The SMILES string of the molecule is CCOCCOc1ccc(C(=O)NC(=S)Nc2cccc(OCCC(C)C)c2)cc1. The van der Waals surface area contributed by atoms with Gasteiger partial charge in [-0.15, -0.1) is 0 Å². The lowest BCUT2D eigenvalue weighted by Gasteiger charge is -2.12. The van der Waals surface area contributed by atoms with Gasteiger partial charge in [-0.25, -0.2) is 0 Å². The molecule has 0 aliphatic heterocycles. The summed E-state index contributed by atoms with van der Waals surface area (Å²) in [5, 5.41) is 5.91. The van der Waals surface area contributed by atoms with Crippen molar-refractivity contribution in [1.29, 1.82) is 0 Å². The molecule has 0 unspecified atom stereocenters. The third-order valence-electron chi connectivity index (χ3n) is 4.10. The van der Waals surface area contributed by atoms with Gasteiger partial charge in [0.25, 0.3) is 5.91 Å². The van der Waals surface area contributed by atoms with Gasteiger partial charge >= 0.3 is 0 Å². The van der Waals surface area contributed by atoms with Gasteiger partial charge in [-0.1, -0.05) is 19.9 Å². The number of thiocarbonyl (C=S) groups is 1. The molecule has 1 amide bonds. The number of ether oxygens (including phenoxy) is 3. The minimum atomic E-state index is -0.294. The van der Waals surface area contributed by atoms with Crippen molar-refractivity contribution in [3.05, 3.63) is 54.1 Å². The van der Waals surface area contributed by atoms with Crippen LogP contribution in [0.5, 0.6) is 11.5 Å². The topological polar surface area (TPSA) is 68.8 Å². The molecule has 0 atom stereocenters. The number of amides is 1. The molecule has 0 aliphatic rings. The fourth-order valence-electron chi connectivity index (χ4n) is 2.48. The van der Waals surface area contributed by atoms with Crippen molar-refractivity contribution in [3.8, 4) is 11.5 Å². The standard InChI is InChI=1S/C23H30N2O4S/c1-4-27-14-15-29-20-10-8-18(9-11-20)22(26)25-23(30)24-19-6-5-7-21(16-19)28-13-12-17(2)3/h5-11,16-17H,4,12-15H2,1-3H3,(H2,24,25,26,30). The fraction of sp³-hybridized carbons (Fsp3) is 0.391. The van der Waals surface area contributed by atoms with Crippen LogP contribution in [0.2, 0.25) is 0 Å². The van der Waals surface area contributed by atoms with Crippen molar-refractivity contribution in [3.63, 3.8) is 0 Å². The summed E-state index contributed by atoms with van der Waals surface area (Å²) in [6.07, 6.45) is 0.989. The molecule has 0 radical (unpaired) electrons. The van der Waals surface area contributed by atoms with Crippen molar-refractivity contribution < 1.29 is 19.0 Å². The first kappa shape index (κ1) is 23.6. The smallest absolute Gasteiger partial charge is 0.257 e. The second kappa shape index (κ2) is 12.8. The van der Waals surface area contributed by atoms with Crippen LogP contribution in [0.4, 0.5) is 5.69 Å². The second-order valence-corrected chi connectivity index (χ2v) is 7.45. The maximum absolute atomic E-state index is 12.4. The zero-order valence-corrected chi connectivity index (χ0v) is 18.6. The molecule has 0 spiro atoms. The van der Waals surface area contributed by atoms with Gasteiger partial charge in [-0.05, 0) is 67.9 Å². The van der Waals surface area contributed by atoms with Crippen molar-refractivity contribution in [2.75, 3.05) is 31.7 Å². The lowest BCUT2D eigenvalue weighted by atomic mass is 10.1. The van der Waals surface area contributed by atoms with Crippen LogP contribution in [-0.2, 0) is 4.74 Å². The zero-order valence-electron chi connectivity index (χ0n) is 17.8. The number of rotatable bonds is 11. The Bertz CT molecular complexity index is 809. The summed E-state index contributed by atoms with van der Waals surface area (Å²) in [5.74, 6) is 1.73. The lowest BCUT2D eigenvalue weighted by Crippen LogP contribution is -2.34. The Morgan fingerprint density at radius 1 is 1.00 bits per heavy atom. The number of hydrogen-bond donors (Lipinski definition) is 2. The predicted molar refractivity (Wildman–Crippen MR) is 124 cm³/mol. The van der Waals surface area contributed by atoms with E-state index in [2.05, 4.69) is 24.5 Å². The van der Waals surface area contributed by atoms with Crippen molar-refractivity contribution >= 4 is 28.9 Å². The number of anilines is 1. The zero-order chi connectivity index (χ0) is 21.8. The van der Waals surface area contributed by atoms with Crippen LogP contribution in [0.1, 0.15) is 37.6 Å². The van der Waals surface area contributed by atoms with E-state index in [1.165, 1.54) is 0 Å². The molecule has 0 aliphatic carbocycles. The van der Waals surface area contributed by atoms with Crippen LogP contribution in [0.15, 0.2) is 48.5 Å². The molecule has 2 N–H and O–H groups in total. The maximum atomic E-state index is 12.4. The number of hydrogen-bond acceptors (Lipinski definition) is 5. The van der Waals surface area contributed by atoms with Gasteiger partial charge in [0.2, 0.25) is 0 Å². The minimum Gasteiger partial charge on any atom is -0.494 e. The molecule has 30 heavy (non-hydrogen) atoms. The van der Waals surface area contributed by atoms with E-state index >= 15 is 0 Å². The first-order chi connectivity index (χ1) is 14.5. The normalized spacial score (nSPS) is 10.5. The largest absolute Gasteiger partial charge is 0.494 e. The fourth-order valence-corrected chi connectivity index (χ4v) is 2.69. The molecule has 0 saturated carbocycles.